The van der Waals surface area contributed by atoms with Gasteiger partial charge in [-0.15, -0.1) is 0 Å². The number of carbonyl (C=O) groups is 2. The van der Waals surface area contributed by atoms with E-state index in [1.54, 1.807) is 24.3 Å². The van der Waals surface area contributed by atoms with Gasteiger partial charge in [0, 0.05) is 13.3 Å². The quantitative estimate of drug-likeness (QED) is 0.805. The molecule has 0 radical (unpaired) electrons. The number of sulfone groups is 1. The molecule has 1 unspecified atom stereocenters. The van der Waals surface area contributed by atoms with Crippen molar-refractivity contribution in [1.82, 2.24) is 4.90 Å². The number of hydrogen-bond donors (Lipinski definition) is 1. The lowest BCUT2D eigenvalue weighted by molar-refractivity contribution is -0.142. The second kappa shape index (κ2) is 7.79. The first-order chi connectivity index (χ1) is 10.2. The van der Waals surface area contributed by atoms with E-state index in [9.17, 15) is 18.0 Å². The zero-order valence-electron chi connectivity index (χ0n) is 12.4. The number of carbonyl (C=O) groups excluding carboxylic acids is 1. The van der Waals surface area contributed by atoms with Crippen molar-refractivity contribution >= 4 is 21.9 Å². The fraction of sp³-hybridized carbons (Fsp3) is 0.429. The largest absolute Gasteiger partial charge is 0.480 e. The molecule has 0 aliphatic carbocycles. The average Bonchev–Trinajstić information content (AvgIpc) is 2.44. The van der Waals surface area contributed by atoms with Crippen molar-refractivity contribution in [2.75, 3.05) is 19.1 Å². The molecule has 1 atom stereocenters. The van der Waals surface area contributed by atoms with E-state index < -0.39 is 27.9 Å². The molecule has 0 fully saturated rings. The molecule has 0 saturated carbocycles. The Morgan fingerprint density at radius 2 is 1.86 bits per heavy atom. The SMILES string of the molecule is CN(C(=O)OCc1ccccc1)C(CCS(C)(=O)=O)C(=O)O. The summed E-state index contributed by atoms with van der Waals surface area (Å²) >= 11 is 0. The lowest BCUT2D eigenvalue weighted by Gasteiger charge is -2.24. The zero-order chi connectivity index (χ0) is 16.8. The Labute approximate surface area is 129 Å². The first-order valence-corrected chi connectivity index (χ1v) is 8.61. The second-order valence-electron chi connectivity index (χ2n) is 4.92. The molecule has 0 bridgehead atoms. The molecule has 7 nitrogen and oxygen atoms in total. The molecule has 8 heteroatoms. The Hall–Kier alpha value is -2.09. The molecule has 0 spiro atoms. The first-order valence-electron chi connectivity index (χ1n) is 6.55. The van der Waals surface area contributed by atoms with Crippen LogP contribution >= 0.6 is 0 Å². The molecule has 1 amide bonds. The lowest BCUT2D eigenvalue weighted by atomic mass is 10.2. The number of rotatable bonds is 7. The highest BCUT2D eigenvalue weighted by atomic mass is 32.2. The van der Waals surface area contributed by atoms with Gasteiger partial charge >= 0.3 is 12.1 Å². The van der Waals surface area contributed by atoms with Crippen molar-refractivity contribution in [2.24, 2.45) is 0 Å². The van der Waals surface area contributed by atoms with Crippen LogP contribution in [-0.2, 0) is 26.0 Å². The second-order valence-corrected chi connectivity index (χ2v) is 7.18. The summed E-state index contributed by atoms with van der Waals surface area (Å²) in [5, 5.41) is 9.13. The number of hydrogen-bond acceptors (Lipinski definition) is 5. The first kappa shape index (κ1) is 18.0. The third-order valence-corrected chi connectivity index (χ3v) is 3.99. The van der Waals surface area contributed by atoms with E-state index in [1.807, 2.05) is 6.07 Å². The molecule has 1 aromatic rings. The molecule has 22 heavy (non-hydrogen) atoms. The molecule has 0 saturated heterocycles. The lowest BCUT2D eigenvalue weighted by Crippen LogP contribution is -2.43. The normalized spacial score (nSPS) is 12.5. The van der Waals surface area contributed by atoms with Gasteiger partial charge in [-0.3, -0.25) is 4.90 Å². The van der Waals surface area contributed by atoms with Gasteiger partial charge in [-0.05, 0) is 12.0 Å². The Balaban J connectivity index is 2.62. The number of amides is 1. The van der Waals surface area contributed by atoms with Crippen LogP contribution in [0.1, 0.15) is 12.0 Å². The van der Waals surface area contributed by atoms with E-state index in [2.05, 4.69) is 0 Å². The number of likely N-dealkylation sites (N-methyl/N-ethyl adjacent to an activating group) is 1. The summed E-state index contributed by atoms with van der Waals surface area (Å²) < 4.78 is 27.3. The summed E-state index contributed by atoms with van der Waals surface area (Å²) in [4.78, 5) is 24.0. The smallest absolute Gasteiger partial charge is 0.410 e. The highest BCUT2D eigenvalue weighted by molar-refractivity contribution is 7.90. The molecular weight excluding hydrogens is 310 g/mol. The van der Waals surface area contributed by atoms with Gasteiger partial charge in [-0.1, -0.05) is 30.3 Å². The van der Waals surface area contributed by atoms with Crippen molar-refractivity contribution in [3.8, 4) is 0 Å². The van der Waals surface area contributed by atoms with E-state index in [4.69, 9.17) is 9.84 Å². The van der Waals surface area contributed by atoms with Gasteiger partial charge in [0.2, 0.25) is 0 Å². The van der Waals surface area contributed by atoms with Crippen LogP contribution in [0, 0.1) is 0 Å². The molecule has 0 aliphatic heterocycles. The maximum atomic E-state index is 11.9. The maximum absolute atomic E-state index is 11.9. The van der Waals surface area contributed by atoms with Gasteiger partial charge in [-0.2, -0.15) is 0 Å². The highest BCUT2D eigenvalue weighted by Crippen LogP contribution is 2.09. The summed E-state index contributed by atoms with van der Waals surface area (Å²) in [5.74, 6) is -1.59. The van der Waals surface area contributed by atoms with Crippen LogP contribution in [0.3, 0.4) is 0 Å². The molecule has 122 valence electrons. The summed E-state index contributed by atoms with van der Waals surface area (Å²) in [6.45, 7) is 0.0163. The van der Waals surface area contributed by atoms with Gasteiger partial charge in [0.25, 0.3) is 0 Å². The summed E-state index contributed by atoms with van der Waals surface area (Å²) in [6.07, 6.45) is 0.00910. The summed E-state index contributed by atoms with van der Waals surface area (Å²) in [7, 11) is -2.04. The number of carboxylic acids is 1. The van der Waals surface area contributed by atoms with Crippen molar-refractivity contribution in [2.45, 2.75) is 19.1 Å². The molecule has 1 N–H and O–H groups in total. The van der Waals surface area contributed by atoms with Crippen LogP contribution in [0.4, 0.5) is 4.79 Å². The van der Waals surface area contributed by atoms with E-state index in [0.717, 1.165) is 16.7 Å². The molecule has 0 aromatic heterocycles. The van der Waals surface area contributed by atoms with Crippen LogP contribution in [0.5, 0.6) is 0 Å². The number of benzene rings is 1. The molecule has 0 heterocycles. The average molecular weight is 329 g/mol. The number of nitrogens with zero attached hydrogens (tertiary/aromatic N) is 1. The van der Waals surface area contributed by atoms with Crippen LogP contribution in [0.15, 0.2) is 30.3 Å². The Bertz CT molecular complexity index is 613. The standard InChI is InChI=1S/C14H19NO6S/c1-15(12(13(16)17)8-9-22(2,19)20)14(18)21-10-11-6-4-3-5-7-11/h3-7,12H,8-10H2,1-2H3,(H,16,17). The van der Waals surface area contributed by atoms with E-state index in [0.29, 0.717) is 0 Å². The number of aliphatic carboxylic acids is 1. The Kier molecular flexibility index (Phi) is 6.36. The third kappa shape index (κ3) is 6.13. The monoisotopic (exact) mass is 329 g/mol. The molecular formula is C14H19NO6S. The van der Waals surface area contributed by atoms with Crippen LogP contribution in [0.25, 0.3) is 0 Å². The minimum absolute atomic E-state index is 0.0163. The van der Waals surface area contributed by atoms with Crippen LogP contribution in [0.2, 0.25) is 0 Å². The fourth-order valence-electron chi connectivity index (χ4n) is 1.76. The summed E-state index contributed by atoms with van der Waals surface area (Å²) in [5.41, 5.74) is 0.771. The van der Waals surface area contributed by atoms with Gasteiger partial charge < -0.3 is 9.84 Å². The van der Waals surface area contributed by atoms with E-state index >= 15 is 0 Å². The molecule has 1 aromatic carbocycles. The maximum Gasteiger partial charge on any atom is 0.410 e. The van der Waals surface area contributed by atoms with Gasteiger partial charge in [0.05, 0.1) is 5.75 Å². The van der Waals surface area contributed by atoms with Crippen LogP contribution < -0.4 is 0 Å². The van der Waals surface area contributed by atoms with Gasteiger partial charge in [0.15, 0.2) is 0 Å². The Morgan fingerprint density at radius 1 is 1.27 bits per heavy atom. The molecule has 0 aliphatic rings. The van der Waals surface area contributed by atoms with Gasteiger partial charge in [-0.25, -0.2) is 18.0 Å². The fourth-order valence-corrected chi connectivity index (χ4v) is 2.41. The number of ether oxygens (including phenoxy) is 1. The van der Waals surface area contributed by atoms with Crippen molar-refractivity contribution in [1.29, 1.82) is 0 Å². The van der Waals surface area contributed by atoms with Gasteiger partial charge in [0.1, 0.15) is 22.5 Å². The number of carboxylic acid groups (broad SMARTS) is 1. The summed E-state index contributed by atoms with van der Waals surface area (Å²) in [6, 6.07) is 7.69. The molecule has 1 rings (SSSR count). The van der Waals surface area contributed by atoms with Crippen LogP contribution in [-0.4, -0.2) is 55.6 Å². The van der Waals surface area contributed by atoms with Crippen molar-refractivity contribution in [3.05, 3.63) is 35.9 Å². The predicted molar refractivity (Wildman–Crippen MR) is 80.1 cm³/mol. The van der Waals surface area contributed by atoms with E-state index in [1.165, 1.54) is 7.05 Å². The minimum atomic E-state index is -3.31. The topological polar surface area (TPSA) is 101 Å². The Morgan fingerprint density at radius 3 is 2.36 bits per heavy atom. The third-order valence-electron chi connectivity index (χ3n) is 3.01. The highest BCUT2D eigenvalue weighted by Gasteiger charge is 2.28. The predicted octanol–water partition coefficient (Wildman–Crippen LogP) is 1.14. The minimum Gasteiger partial charge on any atom is -0.480 e. The van der Waals surface area contributed by atoms with Crippen molar-refractivity contribution in [3.63, 3.8) is 0 Å². The zero-order valence-corrected chi connectivity index (χ0v) is 13.2. The van der Waals surface area contributed by atoms with Crippen molar-refractivity contribution < 1.29 is 27.9 Å². The van der Waals surface area contributed by atoms with E-state index in [-0.39, 0.29) is 18.8 Å².